The van der Waals surface area contributed by atoms with Gasteiger partial charge in [0.05, 0.1) is 13.0 Å². The largest absolute Gasteiger partial charge is 0.494 e. The Labute approximate surface area is 95.0 Å². The molecule has 1 aliphatic rings. The Balaban J connectivity index is 2.20. The summed E-state index contributed by atoms with van der Waals surface area (Å²) in [6, 6.07) is 7.81. The summed E-state index contributed by atoms with van der Waals surface area (Å²) in [7, 11) is 0. The molecule has 0 saturated heterocycles. The average Bonchev–Trinajstić information content (AvgIpc) is 2.99. The minimum atomic E-state index is -0.723. The van der Waals surface area contributed by atoms with Gasteiger partial charge in [0.25, 0.3) is 0 Å². The summed E-state index contributed by atoms with van der Waals surface area (Å²) in [4.78, 5) is 10.8. The molecule has 1 aromatic rings. The van der Waals surface area contributed by atoms with Crippen LogP contribution in [0.2, 0.25) is 0 Å². The molecular weight excluding hydrogens is 204 g/mol. The van der Waals surface area contributed by atoms with Gasteiger partial charge in [0.2, 0.25) is 0 Å². The van der Waals surface area contributed by atoms with Gasteiger partial charge in [-0.2, -0.15) is 0 Å². The highest BCUT2D eigenvalue weighted by molar-refractivity contribution is 5.70. The van der Waals surface area contributed by atoms with Gasteiger partial charge in [-0.3, -0.25) is 4.79 Å². The van der Waals surface area contributed by atoms with Crippen LogP contribution < -0.4 is 4.74 Å². The molecule has 0 heterocycles. The van der Waals surface area contributed by atoms with E-state index >= 15 is 0 Å². The molecule has 16 heavy (non-hydrogen) atoms. The van der Waals surface area contributed by atoms with Crippen molar-refractivity contribution in [2.24, 2.45) is 0 Å². The molecule has 0 unspecified atom stereocenters. The number of hydrogen-bond acceptors (Lipinski definition) is 2. The molecule has 86 valence electrons. The minimum absolute atomic E-state index is 0.126. The summed E-state index contributed by atoms with van der Waals surface area (Å²) in [5, 5.41) is 8.89. The van der Waals surface area contributed by atoms with E-state index < -0.39 is 5.97 Å². The van der Waals surface area contributed by atoms with Crippen molar-refractivity contribution in [2.75, 3.05) is 6.61 Å². The number of hydrogen-bond donors (Lipinski definition) is 1. The van der Waals surface area contributed by atoms with Crippen molar-refractivity contribution < 1.29 is 14.6 Å². The van der Waals surface area contributed by atoms with Crippen LogP contribution in [0.1, 0.15) is 31.7 Å². The minimum Gasteiger partial charge on any atom is -0.494 e. The van der Waals surface area contributed by atoms with Crippen LogP contribution in [0.4, 0.5) is 0 Å². The van der Waals surface area contributed by atoms with Crippen LogP contribution in [0.5, 0.6) is 5.75 Å². The Morgan fingerprint density at radius 1 is 1.50 bits per heavy atom. The maximum atomic E-state index is 10.8. The van der Waals surface area contributed by atoms with E-state index in [1.165, 1.54) is 0 Å². The van der Waals surface area contributed by atoms with Crippen molar-refractivity contribution in [3.8, 4) is 5.75 Å². The van der Waals surface area contributed by atoms with E-state index in [1.807, 2.05) is 31.2 Å². The Hall–Kier alpha value is -1.51. The maximum absolute atomic E-state index is 10.8. The summed E-state index contributed by atoms with van der Waals surface area (Å²) in [5.41, 5.74) is 0.972. The third kappa shape index (κ3) is 2.18. The van der Waals surface area contributed by atoms with Crippen LogP contribution in [-0.2, 0) is 10.2 Å². The van der Waals surface area contributed by atoms with E-state index in [0.29, 0.717) is 6.61 Å². The Morgan fingerprint density at radius 2 is 2.25 bits per heavy atom. The van der Waals surface area contributed by atoms with Gasteiger partial charge in [-0.1, -0.05) is 12.1 Å². The van der Waals surface area contributed by atoms with E-state index in [-0.39, 0.29) is 11.8 Å². The highest BCUT2D eigenvalue weighted by atomic mass is 16.5. The van der Waals surface area contributed by atoms with Gasteiger partial charge in [-0.25, -0.2) is 0 Å². The van der Waals surface area contributed by atoms with Gasteiger partial charge in [-0.15, -0.1) is 0 Å². The van der Waals surface area contributed by atoms with Crippen molar-refractivity contribution in [3.05, 3.63) is 29.8 Å². The van der Waals surface area contributed by atoms with E-state index in [4.69, 9.17) is 9.84 Å². The van der Waals surface area contributed by atoms with Crippen molar-refractivity contribution in [1.82, 2.24) is 0 Å². The Morgan fingerprint density at radius 3 is 2.81 bits per heavy atom. The van der Waals surface area contributed by atoms with Gasteiger partial charge < -0.3 is 9.84 Å². The second-order valence-corrected chi connectivity index (χ2v) is 4.31. The molecule has 3 nitrogen and oxygen atoms in total. The highest BCUT2D eigenvalue weighted by Gasteiger charge is 2.46. The lowest BCUT2D eigenvalue weighted by molar-refractivity contribution is -0.137. The summed E-state index contributed by atoms with van der Waals surface area (Å²) >= 11 is 0. The summed E-state index contributed by atoms with van der Waals surface area (Å²) in [6.45, 7) is 2.58. The van der Waals surface area contributed by atoms with Gasteiger partial charge >= 0.3 is 5.97 Å². The average molecular weight is 220 g/mol. The topological polar surface area (TPSA) is 46.5 Å². The van der Waals surface area contributed by atoms with Crippen LogP contribution in [0.25, 0.3) is 0 Å². The SMILES string of the molecule is CCOc1cccc(C2(CC(=O)O)CC2)c1. The standard InChI is InChI=1S/C13H16O3/c1-2-16-11-5-3-4-10(8-11)13(6-7-13)9-12(14)15/h3-5,8H,2,6-7,9H2,1H3,(H,14,15). The quantitative estimate of drug-likeness (QED) is 0.829. The van der Waals surface area contributed by atoms with Crippen LogP contribution in [0.15, 0.2) is 24.3 Å². The smallest absolute Gasteiger partial charge is 0.304 e. The number of benzene rings is 1. The van der Waals surface area contributed by atoms with Crippen LogP contribution in [0, 0.1) is 0 Å². The fourth-order valence-corrected chi connectivity index (χ4v) is 2.09. The van der Waals surface area contributed by atoms with Gasteiger partial charge in [0, 0.05) is 5.41 Å². The van der Waals surface area contributed by atoms with Crippen molar-refractivity contribution in [2.45, 2.75) is 31.6 Å². The van der Waals surface area contributed by atoms with Gasteiger partial charge in [-0.05, 0) is 37.5 Å². The monoisotopic (exact) mass is 220 g/mol. The third-order valence-corrected chi connectivity index (χ3v) is 3.10. The molecule has 3 heteroatoms. The number of carbonyl (C=O) groups is 1. The van der Waals surface area contributed by atoms with Gasteiger partial charge in [0.1, 0.15) is 5.75 Å². The van der Waals surface area contributed by atoms with E-state index in [0.717, 1.165) is 24.2 Å². The first-order chi connectivity index (χ1) is 7.66. The number of aliphatic carboxylic acids is 1. The molecule has 2 rings (SSSR count). The lowest BCUT2D eigenvalue weighted by Gasteiger charge is -2.14. The zero-order chi connectivity index (χ0) is 11.6. The fourth-order valence-electron chi connectivity index (χ4n) is 2.09. The molecule has 0 amide bonds. The molecule has 0 atom stereocenters. The Kier molecular flexibility index (Phi) is 2.86. The zero-order valence-electron chi connectivity index (χ0n) is 9.40. The second-order valence-electron chi connectivity index (χ2n) is 4.31. The number of carboxylic acid groups (broad SMARTS) is 1. The molecule has 1 N–H and O–H groups in total. The molecule has 0 aliphatic heterocycles. The summed E-state index contributed by atoms with van der Waals surface area (Å²) < 4.78 is 5.43. The molecule has 0 spiro atoms. The van der Waals surface area contributed by atoms with Crippen molar-refractivity contribution in [3.63, 3.8) is 0 Å². The first kappa shape index (κ1) is 11.0. The van der Waals surface area contributed by atoms with Gasteiger partial charge in [0.15, 0.2) is 0 Å². The normalized spacial score (nSPS) is 16.8. The molecule has 0 bridgehead atoms. The van der Waals surface area contributed by atoms with E-state index in [9.17, 15) is 4.79 Å². The Bertz CT molecular complexity index is 394. The van der Waals surface area contributed by atoms with Crippen LogP contribution >= 0.6 is 0 Å². The molecule has 1 aromatic carbocycles. The fraction of sp³-hybridized carbons (Fsp3) is 0.462. The summed E-state index contributed by atoms with van der Waals surface area (Å²) in [5.74, 6) is 0.107. The van der Waals surface area contributed by atoms with E-state index in [2.05, 4.69) is 0 Å². The molecule has 1 aliphatic carbocycles. The predicted molar refractivity (Wildman–Crippen MR) is 60.8 cm³/mol. The summed E-state index contributed by atoms with van der Waals surface area (Å²) in [6.07, 6.45) is 2.16. The third-order valence-electron chi connectivity index (χ3n) is 3.10. The number of carboxylic acids is 1. The predicted octanol–water partition coefficient (Wildman–Crippen LogP) is 2.59. The lowest BCUT2D eigenvalue weighted by atomic mass is 9.92. The number of ether oxygens (including phenoxy) is 1. The van der Waals surface area contributed by atoms with Crippen LogP contribution in [0.3, 0.4) is 0 Å². The zero-order valence-corrected chi connectivity index (χ0v) is 9.40. The molecule has 0 radical (unpaired) electrons. The van der Waals surface area contributed by atoms with Crippen molar-refractivity contribution >= 4 is 5.97 Å². The maximum Gasteiger partial charge on any atom is 0.304 e. The van der Waals surface area contributed by atoms with Crippen molar-refractivity contribution in [1.29, 1.82) is 0 Å². The molecule has 0 aromatic heterocycles. The van der Waals surface area contributed by atoms with E-state index in [1.54, 1.807) is 0 Å². The first-order valence-electron chi connectivity index (χ1n) is 5.61. The van der Waals surface area contributed by atoms with Crippen LogP contribution in [-0.4, -0.2) is 17.7 Å². The lowest BCUT2D eigenvalue weighted by Crippen LogP contribution is -2.12. The second kappa shape index (κ2) is 4.16. The molecule has 1 saturated carbocycles. The molecule has 1 fully saturated rings. The number of rotatable bonds is 5. The highest BCUT2D eigenvalue weighted by Crippen LogP contribution is 2.51. The first-order valence-corrected chi connectivity index (χ1v) is 5.61. The molecular formula is C13H16O3.